The van der Waals surface area contributed by atoms with Crippen LogP contribution >= 0.6 is 0 Å². The van der Waals surface area contributed by atoms with Gasteiger partial charge in [-0.15, -0.1) is 0 Å². The SMILES string of the molecule is COc1ccc(-c2c(NC(=O)[C@H](C)Oc3ccccc3)n[nH]c2C)cc1OC. The van der Waals surface area contributed by atoms with Crippen molar-refractivity contribution in [2.45, 2.75) is 20.0 Å². The van der Waals surface area contributed by atoms with Gasteiger partial charge >= 0.3 is 0 Å². The Morgan fingerprint density at radius 2 is 1.79 bits per heavy atom. The second-order valence-corrected chi connectivity index (χ2v) is 6.20. The highest BCUT2D eigenvalue weighted by molar-refractivity contribution is 5.97. The minimum Gasteiger partial charge on any atom is -0.493 e. The molecule has 1 heterocycles. The zero-order valence-electron chi connectivity index (χ0n) is 16.3. The molecular formula is C21H23N3O4. The summed E-state index contributed by atoms with van der Waals surface area (Å²) in [5, 5.41) is 9.99. The molecule has 0 bridgehead atoms. The average molecular weight is 381 g/mol. The fraction of sp³-hybridized carbons (Fsp3) is 0.238. The van der Waals surface area contributed by atoms with Gasteiger partial charge in [0.15, 0.2) is 23.4 Å². The molecule has 7 heteroatoms. The maximum absolute atomic E-state index is 12.6. The molecule has 0 aliphatic rings. The number of carbonyl (C=O) groups excluding carboxylic acids is 1. The minimum atomic E-state index is -0.683. The van der Waals surface area contributed by atoms with Gasteiger partial charge in [0.25, 0.3) is 5.91 Å². The predicted molar refractivity (Wildman–Crippen MR) is 107 cm³/mol. The summed E-state index contributed by atoms with van der Waals surface area (Å²) in [5.74, 6) is 1.99. The van der Waals surface area contributed by atoms with Gasteiger partial charge in [-0.1, -0.05) is 24.3 Å². The van der Waals surface area contributed by atoms with Gasteiger partial charge in [0.05, 0.1) is 14.2 Å². The number of aromatic amines is 1. The van der Waals surface area contributed by atoms with Crippen LogP contribution in [0.4, 0.5) is 5.82 Å². The Kier molecular flexibility index (Phi) is 5.84. The number of hydrogen-bond donors (Lipinski definition) is 2. The number of ether oxygens (including phenoxy) is 3. The molecule has 0 aliphatic heterocycles. The number of H-pyrrole nitrogens is 1. The summed E-state index contributed by atoms with van der Waals surface area (Å²) in [5.41, 5.74) is 2.44. The number of aryl methyl sites for hydroxylation is 1. The zero-order chi connectivity index (χ0) is 20.1. The second-order valence-electron chi connectivity index (χ2n) is 6.20. The minimum absolute atomic E-state index is 0.294. The molecule has 0 aliphatic carbocycles. The molecule has 0 fully saturated rings. The first kappa shape index (κ1) is 19.3. The highest BCUT2D eigenvalue weighted by Crippen LogP contribution is 2.36. The van der Waals surface area contributed by atoms with Crippen LogP contribution in [0.2, 0.25) is 0 Å². The third kappa shape index (κ3) is 4.09. The number of nitrogens with zero attached hydrogens (tertiary/aromatic N) is 1. The molecular weight excluding hydrogens is 358 g/mol. The number of methoxy groups -OCH3 is 2. The van der Waals surface area contributed by atoms with E-state index in [9.17, 15) is 4.79 Å². The molecule has 0 saturated heterocycles. The molecule has 2 N–H and O–H groups in total. The van der Waals surface area contributed by atoms with E-state index in [1.165, 1.54) is 0 Å². The fourth-order valence-electron chi connectivity index (χ4n) is 2.84. The van der Waals surface area contributed by atoms with Crippen molar-refractivity contribution in [2.75, 3.05) is 19.5 Å². The van der Waals surface area contributed by atoms with Crippen LogP contribution in [0.5, 0.6) is 17.2 Å². The van der Waals surface area contributed by atoms with Gasteiger partial charge in [0.1, 0.15) is 5.75 Å². The number of nitrogens with one attached hydrogen (secondary N) is 2. The monoisotopic (exact) mass is 381 g/mol. The van der Waals surface area contributed by atoms with Crippen LogP contribution in [0.1, 0.15) is 12.6 Å². The molecule has 3 aromatic rings. The number of amides is 1. The molecule has 2 aromatic carbocycles. The van der Waals surface area contributed by atoms with Gasteiger partial charge in [-0.2, -0.15) is 5.10 Å². The van der Waals surface area contributed by atoms with Gasteiger partial charge in [0, 0.05) is 11.3 Å². The summed E-state index contributed by atoms with van der Waals surface area (Å²) >= 11 is 0. The highest BCUT2D eigenvalue weighted by atomic mass is 16.5. The van der Waals surface area contributed by atoms with Crippen molar-refractivity contribution in [1.29, 1.82) is 0 Å². The van der Waals surface area contributed by atoms with Crippen molar-refractivity contribution in [3.63, 3.8) is 0 Å². The van der Waals surface area contributed by atoms with Gasteiger partial charge < -0.3 is 19.5 Å². The van der Waals surface area contributed by atoms with Crippen molar-refractivity contribution < 1.29 is 19.0 Å². The van der Waals surface area contributed by atoms with Gasteiger partial charge in [-0.3, -0.25) is 9.89 Å². The van der Waals surface area contributed by atoms with E-state index in [4.69, 9.17) is 14.2 Å². The number of hydrogen-bond acceptors (Lipinski definition) is 5. The van der Waals surface area contributed by atoms with Gasteiger partial charge in [-0.05, 0) is 43.7 Å². The van der Waals surface area contributed by atoms with E-state index >= 15 is 0 Å². The van der Waals surface area contributed by atoms with E-state index in [-0.39, 0.29) is 5.91 Å². The molecule has 1 amide bonds. The third-order valence-electron chi connectivity index (χ3n) is 4.29. The summed E-state index contributed by atoms with van der Waals surface area (Å²) in [7, 11) is 3.16. The summed E-state index contributed by atoms with van der Waals surface area (Å²) in [6.45, 7) is 3.58. The number of rotatable bonds is 7. The van der Waals surface area contributed by atoms with Crippen LogP contribution < -0.4 is 19.5 Å². The van der Waals surface area contributed by atoms with Crippen LogP contribution in [0, 0.1) is 6.92 Å². The Morgan fingerprint density at radius 3 is 2.46 bits per heavy atom. The average Bonchev–Trinajstić information content (AvgIpc) is 3.08. The Morgan fingerprint density at radius 1 is 1.07 bits per heavy atom. The lowest BCUT2D eigenvalue weighted by Gasteiger charge is -2.15. The lowest BCUT2D eigenvalue weighted by molar-refractivity contribution is -0.122. The topological polar surface area (TPSA) is 85.5 Å². The number of anilines is 1. The standard InChI is InChI=1S/C21H23N3O4/c1-13-19(15-10-11-17(26-3)18(12-15)27-4)20(24-23-13)22-21(25)14(2)28-16-8-6-5-7-9-16/h5-12,14H,1-4H3,(H2,22,23,24,25)/t14-/m0/s1. The van der Waals surface area contributed by atoms with Crippen LogP contribution in [-0.2, 0) is 4.79 Å². The van der Waals surface area contributed by atoms with Crippen LogP contribution in [0.15, 0.2) is 48.5 Å². The van der Waals surface area contributed by atoms with Crippen LogP contribution in [0.3, 0.4) is 0 Å². The quantitative estimate of drug-likeness (QED) is 0.650. The van der Waals surface area contributed by atoms with E-state index in [2.05, 4.69) is 15.5 Å². The van der Waals surface area contributed by atoms with E-state index in [0.717, 1.165) is 16.8 Å². The van der Waals surface area contributed by atoms with Crippen molar-refractivity contribution in [2.24, 2.45) is 0 Å². The molecule has 1 aromatic heterocycles. The number of benzene rings is 2. The maximum Gasteiger partial charge on any atom is 0.266 e. The molecule has 0 spiro atoms. The summed E-state index contributed by atoms with van der Waals surface area (Å²) in [4.78, 5) is 12.6. The van der Waals surface area contributed by atoms with E-state index in [1.54, 1.807) is 33.3 Å². The molecule has 0 saturated carbocycles. The van der Waals surface area contributed by atoms with E-state index in [0.29, 0.717) is 23.1 Å². The van der Waals surface area contributed by atoms with Gasteiger partial charge in [-0.25, -0.2) is 0 Å². The lowest BCUT2D eigenvalue weighted by Crippen LogP contribution is -2.30. The Balaban J connectivity index is 1.82. The first-order valence-corrected chi connectivity index (χ1v) is 8.83. The van der Waals surface area contributed by atoms with E-state index < -0.39 is 6.10 Å². The van der Waals surface area contributed by atoms with Crippen molar-refractivity contribution in [1.82, 2.24) is 10.2 Å². The predicted octanol–water partition coefficient (Wildman–Crippen LogP) is 3.81. The number of aromatic nitrogens is 2. The normalized spacial score (nSPS) is 11.6. The van der Waals surface area contributed by atoms with Crippen molar-refractivity contribution in [3.8, 4) is 28.4 Å². The second kappa shape index (κ2) is 8.47. The first-order valence-electron chi connectivity index (χ1n) is 8.83. The lowest BCUT2D eigenvalue weighted by atomic mass is 10.0. The van der Waals surface area contributed by atoms with Crippen LogP contribution in [0.25, 0.3) is 11.1 Å². The molecule has 146 valence electrons. The molecule has 0 unspecified atom stereocenters. The third-order valence-corrected chi connectivity index (χ3v) is 4.29. The molecule has 7 nitrogen and oxygen atoms in total. The van der Waals surface area contributed by atoms with Crippen molar-refractivity contribution in [3.05, 3.63) is 54.2 Å². The number of carbonyl (C=O) groups is 1. The van der Waals surface area contributed by atoms with E-state index in [1.807, 2.05) is 43.3 Å². The summed E-state index contributed by atoms with van der Waals surface area (Å²) < 4.78 is 16.3. The molecule has 28 heavy (non-hydrogen) atoms. The Bertz CT molecular complexity index is 954. The summed E-state index contributed by atoms with van der Waals surface area (Å²) in [6, 6.07) is 14.7. The molecule has 0 radical (unpaired) electrons. The Labute approximate surface area is 163 Å². The Hall–Kier alpha value is -3.48. The fourth-order valence-corrected chi connectivity index (χ4v) is 2.84. The highest BCUT2D eigenvalue weighted by Gasteiger charge is 2.20. The van der Waals surface area contributed by atoms with Crippen LogP contribution in [-0.4, -0.2) is 36.4 Å². The largest absolute Gasteiger partial charge is 0.493 e. The van der Waals surface area contributed by atoms with Gasteiger partial charge in [0.2, 0.25) is 0 Å². The smallest absolute Gasteiger partial charge is 0.266 e. The maximum atomic E-state index is 12.6. The number of para-hydroxylation sites is 1. The zero-order valence-corrected chi connectivity index (χ0v) is 16.3. The first-order chi connectivity index (χ1) is 13.5. The summed E-state index contributed by atoms with van der Waals surface area (Å²) in [6.07, 6.45) is -0.683. The molecule has 1 atom stereocenters. The molecule has 3 rings (SSSR count). The van der Waals surface area contributed by atoms with Crippen molar-refractivity contribution >= 4 is 11.7 Å².